The molecule has 106 valence electrons. The van der Waals surface area contributed by atoms with Gasteiger partial charge in [0, 0.05) is 0 Å². The zero-order valence-corrected chi connectivity index (χ0v) is 11.7. The van der Waals surface area contributed by atoms with Crippen LogP contribution in [0.1, 0.15) is 24.8 Å². The van der Waals surface area contributed by atoms with E-state index in [2.05, 4.69) is 0 Å². The summed E-state index contributed by atoms with van der Waals surface area (Å²) in [4.78, 5) is 12.2. The molecule has 0 aromatic heterocycles. The summed E-state index contributed by atoms with van der Waals surface area (Å²) in [6.07, 6.45) is 6.52. The first-order valence-electron chi connectivity index (χ1n) is 6.82. The molecule has 1 aromatic rings. The SMILES string of the molecule is COc1ccc(/C=C/C(=O)[C@]23CCC[C@H]2O3)cc1OC. The van der Waals surface area contributed by atoms with E-state index < -0.39 is 5.60 Å². The molecular weight excluding hydrogens is 256 g/mol. The van der Waals surface area contributed by atoms with E-state index in [1.54, 1.807) is 26.4 Å². The molecule has 2 aliphatic rings. The molecular formula is C16H18O4. The average Bonchev–Trinajstić information content (AvgIpc) is 3.06. The smallest absolute Gasteiger partial charge is 0.190 e. The molecule has 0 amide bonds. The third-order valence-electron chi connectivity index (χ3n) is 4.08. The van der Waals surface area contributed by atoms with Crippen LogP contribution in [0, 0.1) is 0 Å². The minimum Gasteiger partial charge on any atom is -0.493 e. The number of ketones is 1. The number of ether oxygens (including phenoxy) is 3. The van der Waals surface area contributed by atoms with Crippen LogP contribution in [0.15, 0.2) is 24.3 Å². The summed E-state index contributed by atoms with van der Waals surface area (Å²) in [5, 5.41) is 0. The maximum atomic E-state index is 12.2. The first-order chi connectivity index (χ1) is 9.69. The van der Waals surface area contributed by atoms with Gasteiger partial charge < -0.3 is 14.2 Å². The van der Waals surface area contributed by atoms with Gasteiger partial charge in [-0.1, -0.05) is 12.1 Å². The number of carbonyl (C=O) groups is 1. The maximum Gasteiger partial charge on any atom is 0.190 e. The molecule has 1 aliphatic heterocycles. The van der Waals surface area contributed by atoms with Crippen molar-refractivity contribution < 1.29 is 19.0 Å². The molecule has 1 saturated carbocycles. The molecule has 0 radical (unpaired) electrons. The first kappa shape index (κ1) is 13.2. The molecule has 3 rings (SSSR count). The van der Waals surface area contributed by atoms with Crippen LogP contribution in [-0.2, 0) is 9.53 Å². The Morgan fingerprint density at radius 2 is 2.15 bits per heavy atom. The second-order valence-electron chi connectivity index (χ2n) is 5.20. The fraction of sp³-hybridized carbons (Fsp3) is 0.438. The largest absolute Gasteiger partial charge is 0.493 e. The molecule has 1 aromatic carbocycles. The molecule has 0 spiro atoms. The highest BCUT2D eigenvalue weighted by molar-refractivity contribution is 6.02. The second-order valence-corrected chi connectivity index (χ2v) is 5.20. The topological polar surface area (TPSA) is 48.1 Å². The fourth-order valence-electron chi connectivity index (χ4n) is 2.89. The summed E-state index contributed by atoms with van der Waals surface area (Å²) >= 11 is 0. The first-order valence-corrected chi connectivity index (χ1v) is 6.82. The average molecular weight is 274 g/mol. The molecule has 4 nitrogen and oxygen atoms in total. The minimum absolute atomic E-state index is 0.0785. The highest BCUT2D eigenvalue weighted by Crippen LogP contribution is 2.50. The monoisotopic (exact) mass is 274 g/mol. The van der Waals surface area contributed by atoms with Crippen LogP contribution >= 0.6 is 0 Å². The maximum absolute atomic E-state index is 12.2. The molecule has 1 heterocycles. The van der Waals surface area contributed by atoms with Gasteiger partial charge in [0.05, 0.1) is 20.3 Å². The molecule has 1 aliphatic carbocycles. The summed E-state index contributed by atoms with van der Waals surface area (Å²) in [6.45, 7) is 0. The molecule has 0 unspecified atom stereocenters. The molecule has 4 heteroatoms. The second kappa shape index (κ2) is 4.94. The van der Waals surface area contributed by atoms with Crippen LogP contribution < -0.4 is 9.47 Å². The van der Waals surface area contributed by atoms with Gasteiger partial charge in [0.25, 0.3) is 0 Å². The lowest BCUT2D eigenvalue weighted by Crippen LogP contribution is -2.21. The van der Waals surface area contributed by atoms with Gasteiger partial charge in [-0.3, -0.25) is 4.79 Å². The molecule has 0 bridgehead atoms. The number of fused-ring (bicyclic) bond motifs is 1. The Morgan fingerprint density at radius 3 is 2.75 bits per heavy atom. The van der Waals surface area contributed by atoms with Crippen molar-refractivity contribution in [1.82, 2.24) is 0 Å². The zero-order valence-electron chi connectivity index (χ0n) is 11.7. The van der Waals surface area contributed by atoms with Gasteiger partial charge in [-0.15, -0.1) is 0 Å². The predicted molar refractivity (Wildman–Crippen MR) is 75.0 cm³/mol. The lowest BCUT2D eigenvalue weighted by Gasteiger charge is -2.07. The van der Waals surface area contributed by atoms with Crippen molar-refractivity contribution in [1.29, 1.82) is 0 Å². The molecule has 2 fully saturated rings. The van der Waals surface area contributed by atoms with Crippen molar-refractivity contribution >= 4 is 11.9 Å². The number of hydrogen-bond acceptors (Lipinski definition) is 4. The number of hydrogen-bond donors (Lipinski definition) is 0. The quantitative estimate of drug-likeness (QED) is 0.611. The molecule has 20 heavy (non-hydrogen) atoms. The van der Waals surface area contributed by atoms with Crippen LogP contribution in [0.5, 0.6) is 11.5 Å². The van der Waals surface area contributed by atoms with E-state index >= 15 is 0 Å². The molecule has 0 N–H and O–H groups in total. The third kappa shape index (κ3) is 2.10. The van der Waals surface area contributed by atoms with Crippen molar-refractivity contribution in [2.24, 2.45) is 0 Å². The van der Waals surface area contributed by atoms with E-state index in [0.717, 1.165) is 24.8 Å². The van der Waals surface area contributed by atoms with Gasteiger partial charge in [0.2, 0.25) is 0 Å². The predicted octanol–water partition coefficient (Wildman–Crippen LogP) is 2.61. The van der Waals surface area contributed by atoms with Crippen LogP contribution in [-0.4, -0.2) is 31.7 Å². The van der Waals surface area contributed by atoms with Crippen LogP contribution in [0.4, 0.5) is 0 Å². The summed E-state index contributed by atoms with van der Waals surface area (Å²) in [6, 6.07) is 5.57. The van der Waals surface area contributed by atoms with E-state index in [4.69, 9.17) is 14.2 Å². The highest BCUT2D eigenvalue weighted by Gasteiger charge is 2.63. The van der Waals surface area contributed by atoms with Gasteiger partial charge in [0.1, 0.15) is 0 Å². The Balaban J connectivity index is 1.74. The highest BCUT2D eigenvalue weighted by atomic mass is 16.6. The van der Waals surface area contributed by atoms with Crippen molar-refractivity contribution in [2.75, 3.05) is 14.2 Å². The Bertz CT molecular complexity index is 564. The summed E-state index contributed by atoms with van der Waals surface area (Å²) in [5.74, 6) is 1.41. The Labute approximate surface area is 118 Å². The normalized spacial score (nSPS) is 27.4. The van der Waals surface area contributed by atoms with Gasteiger partial charge in [-0.05, 0) is 43.0 Å². The van der Waals surface area contributed by atoms with E-state index in [9.17, 15) is 4.79 Å². The Morgan fingerprint density at radius 1 is 1.35 bits per heavy atom. The lowest BCUT2D eigenvalue weighted by atomic mass is 10.0. The Kier molecular flexibility index (Phi) is 3.26. The number of rotatable bonds is 5. The van der Waals surface area contributed by atoms with Crippen LogP contribution in [0.25, 0.3) is 6.08 Å². The van der Waals surface area contributed by atoms with Crippen molar-refractivity contribution in [2.45, 2.75) is 31.0 Å². The van der Waals surface area contributed by atoms with Gasteiger partial charge in [-0.25, -0.2) is 0 Å². The van der Waals surface area contributed by atoms with E-state index in [1.165, 1.54) is 0 Å². The molecule has 2 atom stereocenters. The number of benzene rings is 1. The van der Waals surface area contributed by atoms with Crippen molar-refractivity contribution in [3.8, 4) is 11.5 Å². The number of epoxide rings is 1. The standard InChI is InChI=1S/C16H18O4/c1-18-12-7-5-11(10-13(12)19-2)6-8-14(17)16-9-3-4-15(16)20-16/h5-8,10,15H,3-4,9H2,1-2H3/b8-6+/t15-,16-/m1/s1. The summed E-state index contributed by atoms with van der Waals surface area (Å²) < 4.78 is 16.0. The van der Waals surface area contributed by atoms with E-state index in [0.29, 0.717) is 11.5 Å². The summed E-state index contributed by atoms with van der Waals surface area (Å²) in [7, 11) is 3.19. The lowest BCUT2D eigenvalue weighted by molar-refractivity contribution is -0.119. The summed E-state index contributed by atoms with van der Waals surface area (Å²) in [5.41, 5.74) is 0.412. The van der Waals surface area contributed by atoms with Crippen LogP contribution in [0.2, 0.25) is 0 Å². The fourth-order valence-corrected chi connectivity index (χ4v) is 2.89. The Hall–Kier alpha value is -1.81. The van der Waals surface area contributed by atoms with Gasteiger partial charge in [0.15, 0.2) is 22.9 Å². The van der Waals surface area contributed by atoms with Crippen LogP contribution in [0.3, 0.4) is 0 Å². The van der Waals surface area contributed by atoms with E-state index in [1.807, 2.05) is 18.2 Å². The third-order valence-corrected chi connectivity index (χ3v) is 4.08. The van der Waals surface area contributed by atoms with Crippen molar-refractivity contribution in [3.05, 3.63) is 29.8 Å². The van der Waals surface area contributed by atoms with E-state index in [-0.39, 0.29) is 11.9 Å². The zero-order chi connectivity index (χ0) is 14.2. The minimum atomic E-state index is -0.493. The molecule has 1 saturated heterocycles. The van der Waals surface area contributed by atoms with Gasteiger partial charge >= 0.3 is 0 Å². The van der Waals surface area contributed by atoms with Gasteiger partial charge in [-0.2, -0.15) is 0 Å². The number of carbonyl (C=O) groups excluding carboxylic acids is 1. The van der Waals surface area contributed by atoms with Crippen molar-refractivity contribution in [3.63, 3.8) is 0 Å². The number of methoxy groups -OCH3 is 2.